The molecule has 0 aliphatic rings. The molecule has 0 aliphatic heterocycles. The van der Waals surface area contributed by atoms with Crippen LogP contribution < -0.4 is 4.72 Å². The lowest BCUT2D eigenvalue weighted by Crippen LogP contribution is -2.24. The average molecular weight is 348 g/mol. The fourth-order valence-corrected chi connectivity index (χ4v) is 3.34. The van der Waals surface area contributed by atoms with Crippen LogP contribution >= 0.6 is 15.9 Å². The third-order valence-corrected chi connectivity index (χ3v) is 4.67. The lowest BCUT2D eigenvalue weighted by Gasteiger charge is -2.08. The molecule has 1 heterocycles. The van der Waals surface area contributed by atoms with Gasteiger partial charge in [0.1, 0.15) is 0 Å². The van der Waals surface area contributed by atoms with E-state index in [1.165, 1.54) is 6.07 Å². The van der Waals surface area contributed by atoms with Crippen molar-refractivity contribution in [1.82, 2.24) is 25.3 Å². The van der Waals surface area contributed by atoms with Crippen molar-refractivity contribution in [2.24, 2.45) is 0 Å². The Morgan fingerprint density at radius 3 is 2.84 bits per heavy atom. The van der Waals surface area contributed by atoms with Gasteiger partial charge in [0.05, 0.1) is 18.0 Å². The van der Waals surface area contributed by atoms with Crippen LogP contribution in [0.2, 0.25) is 0 Å². The maximum atomic E-state index is 12.1. The molecule has 8 nitrogen and oxygen atoms in total. The van der Waals surface area contributed by atoms with Crippen molar-refractivity contribution in [3.05, 3.63) is 34.1 Å². The number of sulfonamides is 1. The summed E-state index contributed by atoms with van der Waals surface area (Å²) in [6, 6.07) is 4.58. The normalized spacial score (nSPS) is 11.7. The third kappa shape index (κ3) is 3.35. The molecule has 10 heteroatoms. The Bertz CT molecular complexity index is 658. The van der Waals surface area contributed by atoms with Crippen LogP contribution in [0, 0.1) is 0 Å². The van der Waals surface area contributed by atoms with Gasteiger partial charge in [-0.15, -0.1) is 10.2 Å². The Morgan fingerprint density at radius 2 is 2.21 bits per heavy atom. The third-order valence-electron chi connectivity index (χ3n) is 2.28. The van der Waals surface area contributed by atoms with E-state index < -0.39 is 10.0 Å². The minimum Gasteiger partial charge on any atom is -0.392 e. The Hall–Kier alpha value is -1.36. The van der Waals surface area contributed by atoms with Gasteiger partial charge in [-0.05, 0) is 33.6 Å². The van der Waals surface area contributed by atoms with Crippen molar-refractivity contribution < 1.29 is 13.5 Å². The van der Waals surface area contributed by atoms with Crippen molar-refractivity contribution in [3.8, 4) is 0 Å². The van der Waals surface area contributed by atoms with Crippen LogP contribution in [0.3, 0.4) is 0 Å². The highest BCUT2D eigenvalue weighted by Crippen LogP contribution is 2.23. The van der Waals surface area contributed by atoms with Crippen LogP contribution in [0.5, 0.6) is 0 Å². The molecule has 0 aliphatic carbocycles. The number of hydrogen-bond acceptors (Lipinski definition) is 6. The van der Waals surface area contributed by atoms with Gasteiger partial charge in [0.2, 0.25) is 10.0 Å². The van der Waals surface area contributed by atoms with E-state index in [-0.39, 0.29) is 23.9 Å². The van der Waals surface area contributed by atoms with Gasteiger partial charge in [-0.3, -0.25) is 0 Å². The van der Waals surface area contributed by atoms with Crippen LogP contribution in [0.25, 0.3) is 0 Å². The van der Waals surface area contributed by atoms with Gasteiger partial charge in [0.25, 0.3) is 0 Å². The SMILES string of the molecule is O=S(=O)(NCc1nn[nH]n1)c1cc(CO)ccc1Br. The monoisotopic (exact) mass is 347 g/mol. The maximum absolute atomic E-state index is 12.1. The van der Waals surface area contributed by atoms with E-state index in [1.807, 2.05) is 0 Å². The first kappa shape index (κ1) is 14.1. The number of nitrogens with one attached hydrogen (secondary N) is 2. The molecule has 0 saturated heterocycles. The zero-order valence-electron chi connectivity index (χ0n) is 9.54. The van der Waals surface area contributed by atoms with Crippen LogP contribution in [0.1, 0.15) is 11.4 Å². The number of benzene rings is 1. The molecule has 0 spiro atoms. The fourth-order valence-electron chi connectivity index (χ4n) is 1.35. The summed E-state index contributed by atoms with van der Waals surface area (Å²) in [4.78, 5) is 0.0440. The summed E-state index contributed by atoms with van der Waals surface area (Å²) in [5.74, 6) is 0.234. The first-order valence-electron chi connectivity index (χ1n) is 5.14. The zero-order chi connectivity index (χ0) is 13.9. The summed E-state index contributed by atoms with van der Waals surface area (Å²) in [5.41, 5.74) is 0.503. The number of nitrogens with zero attached hydrogens (tertiary/aromatic N) is 3. The number of aliphatic hydroxyl groups is 1. The molecule has 0 radical (unpaired) electrons. The zero-order valence-corrected chi connectivity index (χ0v) is 11.9. The number of aliphatic hydroxyl groups excluding tert-OH is 1. The Balaban J connectivity index is 2.23. The molecule has 0 amide bonds. The molecule has 2 rings (SSSR count). The molecular formula is C9H10BrN5O3S. The molecule has 0 bridgehead atoms. The van der Waals surface area contributed by atoms with E-state index in [9.17, 15) is 8.42 Å². The van der Waals surface area contributed by atoms with Gasteiger partial charge in [0.15, 0.2) is 5.82 Å². The fraction of sp³-hybridized carbons (Fsp3) is 0.222. The van der Waals surface area contributed by atoms with Gasteiger partial charge in [-0.2, -0.15) is 5.21 Å². The van der Waals surface area contributed by atoms with Gasteiger partial charge >= 0.3 is 0 Å². The molecule has 102 valence electrons. The molecule has 0 fully saturated rings. The molecule has 19 heavy (non-hydrogen) atoms. The molecule has 0 atom stereocenters. The minimum absolute atomic E-state index is 0.0440. The molecule has 0 saturated carbocycles. The number of hydrogen-bond donors (Lipinski definition) is 3. The van der Waals surface area contributed by atoms with Crippen LogP contribution in [0.4, 0.5) is 0 Å². The summed E-state index contributed by atoms with van der Waals surface area (Å²) in [6.07, 6.45) is 0. The smallest absolute Gasteiger partial charge is 0.242 e. The Labute approximate surface area is 117 Å². The van der Waals surface area contributed by atoms with Crippen molar-refractivity contribution >= 4 is 26.0 Å². The van der Waals surface area contributed by atoms with Crippen molar-refractivity contribution in [2.75, 3.05) is 0 Å². The van der Waals surface area contributed by atoms with Gasteiger partial charge in [0, 0.05) is 4.47 Å². The molecule has 1 aromatic heterocycles. The molecule has 2 aromatic rings. The van der Waals surface area contributed by atoms with Gasteiger partial charge in [-0.1, -0.05) is 11.3 Å². The van der Waals surface area contributed by atoms with Crippen LogP contribution in [-0.2, 0) is 23.2 Å². The first-order valence-corrected chi connectivity index (χ1v) is 7.42. The standard InChI is InChI=1S/C9H10BrN5O3S/c10-7-2-1-6(5-16)3-8(7)19(17,18)11-4-9-12-14-15-13-9/h1-3,11,16H,4-5H2,(H,12,13,14,15). The topological polar surface area (TPSA) is 121 Å². The highest BCUT2D eigenvalue weighted by Gasteiger charge is 2.18. The maximum Gasteiger partial charge on any atom is 0.242 e. The predicted octanol–water partition coefficient (Wildman–Crippen LogP) is -0.0670. The molecule has 1 aromatic carbocycles. The van der Waals surface area contributed by atoms with E-state index >= 15 is 0 Å². The van der Waals surface area contributed by atoms with Gasteiger partial charge in [-0.25, -0.2) is 13.1 Å². The summed E-state index contributed by atoms with van der Waals surface area (Å²) in [7, 11) is -3.73. The van der Waals surface area contributed by atoms with Gasteiger partial charge < -0.3 is 5.11 Å². The summed E-state index contributed by atoms with van der Waals surface area (Å²) >= 11 is 3.16. The Morgan fingerprint density at radius 1 is 1.42 bits per heavy atom. The van der Waals surface area contributed by atoms with E-state index in [0.717, 1.165) is 0 Å². The number of tetrazole rings is 1. The molecule has 3 N–H and O–H groups in total. The highest BCUT2D eigenvalue weighted by molar-refractivity contribution is 9.10. The predicted molar refractivity (Wildman–Crippen MR) is 68.3 cm³/mol. The summed E-state index contributed by atoms with van der Waals surface area (Å²) in [5, 5.41) is 21.9. The van der Waals surface area contributed by atoms with Crippen molar-refractivity contribution in [3.63, 3.8) is 0 Å². The van der Waals surface area contributed by atoms with Crippen LogP contribution in [0.15, 0.2) is 27.6 Å². The quantitative estimate of drug-likeness (QED) is 0.696. The minimum atomic E-state index is -3.73. The summed E-state index contributed by atoms with van der Waals surface area (Å²) < 4.78 is 27.0. The number of rotatable bonds is 5. The largest absolute Gasteiger partial charge is 0.392 e. The molecular weight excluding hydrogens is 338 g/mol. The van der Waals surface area contributed by atoms with Crippen LogP contribution in [-0.4, -0.2) is 34.1 Å². The van der Waals surface area contributed by atoms with E-state index in [4.69, 9.17) is 5.11 Å². The highest BCUT2D eigenvalue weighted by atomic mass is 79.9. The Kier molecular flexibility index (Phi) is 4.24. The van der Waals surface area contributed by atoms with Crippen molar-refractivity contribution in [1.29, 1.82) is 0 Å². The summed E-state index contributed by atoms with van der Waals surface area (Å²) in [6.45, 7) is -0.310. The molecule has 0 unspecified atom stereocenters. The van der Waals surface area contributed by atoms with Crippen molar-refractivity contribution in [2.45, 2.75) is 18.0 Å². The number of H-pyrrole nitrogens is 1. The lowest BCUT2D eigenvalue weighted by molar-refractivity contribution is 0.281. The lowest BCUT2D eigenvalue weighted by atomic mass is 10.2. The number of halogens is 1. The second-order valence-electron chi connectivity index (χ2n) is 3.58. The number of aromatic amines is 1. The first-order chi connectivity index (χ1) is 9.03. The second-order valence-corrected chi connectivity index (χ2v) is 6.17. The average Bonchev–Trinajstić information content (AvgIpc) is 2.90. The van der Waals surface area contributed by atoms with E-state index in [0.29, 0.717) is 10.0 Å². The second kappa shape index (κ2) is 5.74. The van der Waals surface area contributed by atoms with E-state index in [1.54, 1.807) is 12.1 Å². The number of aromatic nitrogens is 4. The van der Waals surface area contributed by atoms with E-state index in [2.05, 4.69) is 41.3 Å².